The molecule has 0 amide bonds. The van der Waals surface area contributed by atoms with Gasteiger partial charge in [0, 0.05) is 48.7 Å². The lowest BCUT2D eigenvalue weighted by molar-refractivity contribution is 0.146. The van der Waals surface area contributed by atoms with E-state index >= 15 is 0 Å². The number of hydrogen-bond acceptors (Lipinski definition) is 7. The van der Waals surface area contributed by atoms with Crippen molar-refractivity contribution in [2.45, 2.75) is 58.2 Å². The standard InChI is InChI=1S/C24H33FN6O2/c1-15-8-17(9-16(2)29-15)13-31-14-19(12-28-31)30-22-5-7-33-6-4-20(22)23(26)18-10-21(25)24(32-3)27-11-18/h10-12,14-17,26,29-30H,4-9,13H2,1-3H3. The molecule has 0 spiro atoms. The Morgan fingerprint density at radius 3 is 2.76 bits per heavy atom. The van der Waals surface area contributed by atoms with Crippen LogP contribution in [0.4, 0.5) is 10.1 Å². The van der Waals surface area contributed by atoms with Crippen LogP contribution in [-0.2, 0) is 11.3 Å². The zero-order valence-electron chi connectivity index (χ0n) is 19.5. The number of anilines is 1. The Hall–Kier alpha value is -2.78. The number of halogens is 1. The summed E-state index contributed by atoms with van der Waals surface area (Å²) in [5, 5.41) is 20.3. The van der Waals surface area contributed by atoms with E-state index in [1.807, 2.05) is 17.1 Å². The van der Waals surface area contributed by atoms with E-state index < -0.39 is 5.82 Å². The Morgan fingerprint density at radius 1 is 1.27 bits per heavy atom. The van der Waals surface area contributed by atoms with Crippen LogP contribution in [0.2, 0.25) is 0 Å². The number of methoxy groups -OCH3 is 1. The van der Waals surface area contributed by atoms with Crippen LogP contribution in [0.15, 0.2) is 35.9 Å². The minimum absolute atomic E-state index is 0.0759. The maximum Gasteiger partial charge on any atom is 0.250 e. The van der Waals surface area contributed by atoms with E-state index in [1.54, 1.807) is 0 Å². The molecule has 2 aliphatic rings. The monoisotopic (exact) mass is 456 g/mol. The van der Waals surface area contributed by atoms with Crippen molar-refractivity contribution in [2.75, 3.05) is 25.6 Å². The lowest BCUT2D eigenvalue weighted by Gasteiger charge is -2.32. The van der Waals surface area contributed by atoms with E-state index in [2.05, 4.69) is 34.6 Å². The maximum atomic E-state index is 14.2. The molecule has 33 heavy (non-hydrogen) atoms. The number of aromatic nitrogens is 3. The molecule has 2 aromatic rings. The molecular weight excluding hydrogens is 423 g/mol. The van der Waals surface area contributed by atoms with Gasteiger partial charge in [-0.05, 0) is 50.7 Å². The highest BCUT2D eigenvalue weighted by Crippen LogP contribution is 2.26. The highest BCUT2D eigenvalue weighted by Gasteiger charge is 2.24. The number of hydrogen-bond donors (Lipinski definition) is 3. The van der Waals surface area contributed by atoms with Gasteiger partial charge in [0.05, 0.1) is 37.9 Å². The van der Waals surface area contributed by atoms with Gasteiger partial charge in [-0.1, -0.05) is 0 Å². The summed E-state index contributed by atoms with van der Waals surface area (Å²) in [4.78, 5) is 3.98. The van der Waals surface area contributed by atoms with Crippen LogP contribution in [0, 0.1) is 17.1 Å². The third kappa shape index (κ3) is 5.78. The number of ether oxygens (including phenoxy) is 2. The SMILES string of the molecule is COc1ncc(C(=N)C2=C(Nc3cnn(CC4CC(C)NC(C)C4)c3)CCOCC2)cc1F. The van der Waals surface area contributed by atoms with E-state index in [9.17, 15) is 4.39 Å². The minimum Gasteiger partial charge on any atom is -0.479 e. The first-order chi connectivity index (χ1) is 15.9. The zero-order chi connectivity index (χ0) is 23.4. The second-order valence-electron chi connectivity index (χ2n) is 9.04. The molecule has 2 atom stereocenters. The molecule has 0 radical (unpaired) electrons. The predicted molar refractivity (Wildman–Crippen MR) is 125 cm³/mol. The van der Waals surface area contributed by atoms with Crippen LogP contribution in [0.5, 0.6) is 5.88 Å². The highest BCUT2D eigenvalue weighted by molar-refractivity contribution is 6.11. The largest absolute Gasteiger partial charge is 0.479 e. The van der Waals surface area contributed by atoms with Crippen molar-refractivity contribution in [3.63, 3.8) is 0 Å². The predicted octanol–water partition coefficient (Wildman–Crippen LogP) is 3.75. The lowest BCUT2D eigenvalue weighted by atomic mass is 9.89. The first-order valence-electron chi connectivity index (χ1n) is 11.6. The van der Waals surface area contributed by atoms with Gasteiger partial charge < -0.3 is 20.1 Å². The van der Waals surface area contributed by atoms with Crippen LogP contribution in [0.3, 0.4) is 0 Å². The molecule has 1 fully saturated rings. The van der Waals surface area contributed by atoms with Crippen molar-refractivity contribution < 1.29 is 13.9 Å². The van der Waals surface area contributed by atoms with Crippen molar-refractivity contribution in [2.24, 2.45) is 5.92 Å². The lowest BCUT2D eigenvalue weighted by Crippen LogP contribution is -2.43. The Balaban J connectivity index is 1.51. The molecule has 178 valence electrons. The van der Waals surface area contributed by atoms with E-state index in [-0.39, 0.29) is 11.6 Å². The third-order valence-electron chi connectivity index (χ3n) is 6.26. The van der Waals surface area contributed by atoms with Gasteiger partial charge in [-0.25, -0.2) is 9.37 Å². The summed E-state index contributed by atoms with van der Waals surface area (Å²) in [5.41, 5.74) is 3.23. The number of nitrogens with zero attached hydrogens (tertiary/aromatic N) is 3. The Kier molecular flexibility index (Phi) is 7.39. The summed E-state index contributed by atoms with van der Waals surface area (Å²) < 4.78 is 26.7. The van der Waals surface area contributed by atoms with Gasteiger partial charge in [0.2, 0.25) is 5.88 Å². The fraction of sp³-hybridized carbons (Fsp3) is 0.542. The number of rotatable bonds is 7. The summed E-state index contributed by atoms with van der Waals surface area (Å²) in [6, 6.07) is 2.34. The van der Waals surface area contributed by atoms with Gasteiger partial charge in [0.25, 0.3) is 0 Å². The fourth-order valence-corrected chi connectivity index (χ4v) is 4.89. The Bertz CT molecular complexity index is 1010. The van der Waals surface area contributed by atoms with Gasteiger partial charge in [-0.2, -0.15) is 5.10 Å². The second kappa shape index (κ2) is 10.4. The number of pyridine rings is 1. The molecular formula is C24H33FN6O2. The molecule has 0 aromatic carbocycles. The zero-order valence-corrected chi connectivity index (χ0v) is 19.5. The van der Waals surface area contributed by atoms with Gasteiger partial charge in [0.1, 0.15) is 0 Å². The van der Waals surface area contributed by atoms with Gasteiger partial charge in [-0.15, -0.1) is 0 Å². The summed E-state index contributed by atoms with van der Waals surface area (Å²) in [6.07, 6.45) is 8.80. The van der Waals surface area contributed by atoms with Crippen molar-refractivity contribution in [1.29, 1.82) is 5.41 Å². The molecule has 2 unspecified atom stereocenters. The Labute approximate surface area is 194 Å². The van der Waals surface area contributed by atoms with Crippen molar-refractivity contribution in [3.05, 3.63) is 47.3 Å². The summed E-state index contributed by atoms with van der Waals surface area (Å²) in [6.45, 7) is 6.44. The molecule has 8 nitrogen and oxygen atoms in total. The maximum absolute atomic E-state index is 14.2. The molecule has 0 saturated carbocycles. The average molecular weight is 457 g/mol. The molecule has 4 heterocycles. The van der Waals surface area contributed by atoms with Gasteiger partial charge >= 0.3 is 0 Å². The van der Waals surface area contributed by atoms with E-state index in [1.165, 1.54) is 19.4 Å². The second-order valence-corrected chi connectivity index (χ2v) is 9.04. The number of piperidine rings is 1. The topological polar surface area (TPSA) is 97.1 Å². The molecule has 0 aliphatic carbocycles. The summed E-state index contributed by atoms with van der Waals surface area (Å²) in [5.74, 6) is -0.0636. The average Bonchev–Trinajstić information content (AvgIpc) is 3.07. The van der Waals surface area contributed by atoms with Crippen LogP contribution < -0.4 is 15.4 Å². The van der Waals surface area contributed by atoms with Crippen LogP contribution in [-0.4, -0.2) is 52.9 Å². The Morgan fingerprint density at radius 2 is 2.03 bits per heavy atom. The molecule has 0 bridgehead atoms. The molecule has 1 saturated heterocycles. The molecule has 2 aliphatic heterocycles. The minimum atomic E-state index is -0.581. The number of nitrogens with one attached hydrogen (secondary N) is 3. The normalized spacial score (nSPS) is 23.8. The summed E-state index contributed by atoms with van der Waals surface area (Å²) >= 11 is 0. The summed E-state index contributed by atoms with van der Waals surface area (Å²) in [7, 11) is 1.37. The van der Waals surface area contributed by atoms with Crippen LogP contribution in [0.1, 0.15) is 45.1 Å². The van der Waals surface area contributed by atoms with Gasteiger partial charge in [-0.3, -0.25) is 10.1 Å². The smallest absolute Gasteiger partial charge is 0.250 e. The van der Waals surface area contributed by atoms with E-state index in [4.69, 9.17) is 14.9 Å². The van der Waals surface area contributed by atoms with Crippen molar-refractivity contribution >= 4 is 11.4 Å². The third-order valence-corrected chi connectivity index (χ3v) is 6.26. The quantitative estimate of drug-likeness (QED) is 0.549. The van der Waals surface area contributed by atoms with Crippen LogP contribution >= 0.6 is 0 Å². The molecule has 2 aromatic heterocycles. The first kappa shape index (κ1) is 23.4. The van der Waals surface area contributed by atoms with Gasteiger partial charge in [0.15, 0.2) is 5.82 Å². The van der Waals surface area contributed by atoms with Crippen LogP contribution in [0.25, 0.3) is 0 Å². The highest BCUT2D eigenvalue weighted by atomic mass is 19.1. The van der Waals surface area contributed by atoms with Crippen molar-refractivity contribution in [3.8, 4) is 5.88 Å². The van der Waals surface area contributed by atoms with E-state index in [0.29, 0.717) is 49.6 Å². The molecule has 3 N–H and O–H groups in total. The van der Waals surface area contributed by atoms with E-state index in [0.717, 1.165) is 36.3 Å². The molecule has 4 rings (SSSR count). The van der Waals surface area contributed by atoms with Crippen molar-refractivity contribution in [1.82, 2.24) is 20.1 Å². The molecule has 9 heteroatoms. The first-order valence-corrected chi connectivity index (χ1v) is 11.6. The fourth-order valence-electron chi connectivity index (χ4n) is 4.89.